The van der Waals surface area contributed by atoms with Crippen molar-refractivity contribution in [2.24, 2.45) is 5.92 Å². The molecular weight excluding hydrogens is 234 g/mol. The van der Waals surface area contributed by atoms with Crippen LogP contribution in [0.3, 0.4) is 0 Å². The van der Waals surface area contributed by atoms with Crippen LogP contribution >= 0.6 is 11.3 Å². The smallest absolute Gasteiger partial charge is 0.185 e. The van der Waals surface area contributed by atoms with Gasteiger partial charge in [-0.1, -0.05) is 0 Å². The number of rotatable bonds is 4. The highest BCUT2D eigenvalue weighted by atomic mass is 32.1. The summed E-state index contributed by atoms with van der Waals surface area (Å²) in [6.45, 7) is 4.93. The lowest BCUT2D eigenvalue weighted by atomic mass is 10.1. The van der Waals surface area contributed by atoms with Crippen molar-refractivity contribution < 1.29 is 4.79 Å². The topological polar surface area (TPSA) is 36.4 Å². The van der Waals surface area contributed by atoms with Crippen molar-refractivity contribution in [1.82, 2.24) is 9.88 Å². The molecule has 2 rings (SSSR count). The van der Waals surface area contributed by atoms with Crippen LogP contribution in [0.15, 0.2) is 5.38 Å². The van der Waals surface area contributed by atoms with E-state index in [0.29, 0.717) is 5.69 Å². The highest BCUT2D eigenvalue weighted by Gasteiger charge is 2.21. The Bertz CT molecular complexity index is 404. The molecule has 5 heteroatoms. The summed E-state index contributed by atoms with van der Waals surface area (Å²) in [5, 5.41) is 2.79. The molecule has 0 saturated carbocycles. The summed E-state index contributed by atoms with van der Waals surface area (Å²) < 4.78 is 0. The lowest BCUT2D eigenvalue weighted by Crippen LogP contribution is -2.27. The summed E-state index contributed by atoms with van der Waals surface area (Å²) in [6.07, 6.45) is 1.26. The van der Waals surface area contributed by atoms with E-state index in [1.807, 2.05) is 5.38 Å². The Kier molecular flexibility index (Phi) is 3.79. The average Bonchev–Trinajstić information content (AvgIpc) is 2.86. The Balaban J connectivity index is 1.94. The van der Waals surface area contributed by atoms with E-state index in [-0.39, 0.29) is 5.78 Å². The van der Waals surface area contributed by atoms with Crippen LogP contribution in [0.4, 0.5) is 5.13 Å². The van der Waals surface area contributed by atoms with Gasteiger partial charge in [0.15, 0.2) is 10.9 Å². The first-order valence-corrected chi connectivity index (χ1v) is 6.80. The Morgan fingerprint density at radius 1 is 1.71 bits per heavy atom. The SMILES string of the molecule is CC(=O)c1csc(N(C)CC2CCN(C)C2)n1. The lowest BCUT2D eigenvalue weighted by molar-refractivity contribution is 0.101. The molecule has 0 aromatic carbocycles. The molecule has 0 amide bonds. The second kappa shape index (κ2) is 5.14. The van der Waals surface area contributed by atoms with Gasteiger partial charge in [-0.3, -0.25) is 4.79 Å². The minimum absolute atomic E-state index is 0.0431. The van der Waals surface area contributed by atoms with Crippen LogP contribution in [0.2, 0.25) is 0 Å². The largest absolute Gasteiger partial charge is 0.351 e. The maximum absolute atomic E-state index is 11.2. The van der Waals surface area contributed by atoms with Gasteiger partial charge in [0.25, 0.3) is 0 Å². The van der Waals surface area contributed by atoms with Crippen molar-refractivity contribution in [1.29, 1.82) is 0 Å². The van der Waals surface area contributed by atoms with Gasteiger partial charge in [0.2, 0.25) is 0 Å². The number of nitrogens with zero attached hydrogens (tertiary/aromatic N) is 3. The first-order valence-electron chi connectivity index (χ1n) is 5.92. The summed E-state index contributed by atoms with van der Waals surface area (Å²) in [4.78, 5) is 20.1. The Morgan fingerprint density at radius 2 is 2.47 bits per heavy atom. The molecule has 17 heavy (non-hydrogen) atoms. The predicted octanol–water partition coefficient (Wildman–Crippen LogP) is 1.73. The first-order chi connectivity index (χ1) is 8.06. The summed E-state index contributed by atoms with van der Waals surface area (Å²) >= 11 is 1.55. The van der Waals surface area contributed by atoms with Gasteiger partial charge in [-0.05, 0) is 25.9 Å². The summed E-state index contributed by atoms with van der Waals surface area (Å²) in [7, 11) is 4.22. The molecule has 2 heterocycles. The highest BCUT2D eigenvalue weighted by molar-refractivity contribution is 7.13. The maximum Gasteiger partial charge on any atom is 0.185 e. The number of carbonyl (C=O) groups excluding carboxylic acids is 1. The van der Waals surface area contributed by atoms with Gasteiger partial charge in [0.1, 0.15) is 5.69 Å². The molecule has 94 valence electrons. The van der Waals surface area contributed by atoms with Crippen LogP contribution in [0, 0.1) is 5.92 Å². The normalized spacial score (nSPS) is 20.8. The molecule has 1 aliphatic rings. The Labute approximate surface area is 106 Å². The van der Waals surface area contributed by atoms with Crippen LogP contribution in [0.25, 0.3) is 0 Å². The third kappa shape index (κ3) is 3.04. The fourth-order valence-corrected chi connectivity index (χ4v) is 3.08. The molecular formula is C12H19N3OS. The fraction of sp³-hybridized carbons (Fsp3) is 0.667. The molecule has 1 aromatic heterocycles. The molecule has 0 spiro atoms. The molecule has 1 saturated heterocycles. The van der Waals surface area contributed by atoms with E-state index in [2.05, 4.69) is 28.9 Å². The van der Waals surface area contributed by atoms with E-state index in [9.17, 15) is 4.79 Å². The van der Waals surface area contributed by atoms with Crippen molar-refractivity contribution in [2.45, 2.75) is 13.3 Å². The molecule has 1 atom stereocenters. The lowest BCUT2D eigenvalue weighted by Gasteiger charge is -2.20. The van der Waals surface area contributed by atoms with Crippen LogP contribution < -0.4 is 4.90 Å². The number of anilines is 1. The molecule has 0 radical (unpaired) electrons. The number of hydrogen-bond donors (Lipinski definition) is 0. The number of carbonyl (C=O) groups is 1. The van der Waals surface area contributed by atoms with E-state index in [4.69, 9.17) is 0 Å². The third-order valence-corrected chi connectivity index (χ3v) is 4.16. The van der Waals surface area contributed by atoms with E-state index in [1.54, 1.807) is 18.3 Å². The van der Waals surface area contributed by atoms with E-state index >= 15 is 0 Å². The minimum atomic E-state index is 0.0431. The summed E-state index contributed by atoms with van der Waals surface area (Å²) in [6, 6.07) is 0. The second-order valence-electron chi connectivity index (χ2n) is 4.87. The standard InChI is InChI=1S/C12H19N3OS/c1-9(16)11-8-17-12(13-11)15(3)7-10-4-5-14(2)6-10/h8,10H,4-7H2,1-3H3. The van der Waals surface area contributed by atoms with Crippen molar-refractivity contribution in [3.05, 3.63) is 11.1 Å². The van der Waals surface area contributed by atoms with Gasteiger partial charge in [-0.25, -0.2) is 4.98 Å². The number of thiazole rings is 1. The van der Waals surface area contributed by atoms with E-state index in [1.165, 1.54) is 13.0 Å². The van der Waals surface area contributed by atoms with Gasteiger partial charge in [-0.15, -0.1) is 11.3 Å². The third-order valence-electron chi connectivity index (χ3n) is 3.20. The van der Waals surface area contributed by atoms with E-state index in [0.717, 1.165) is 24.1 Å². The van der Waals surface area contributed by atoms with Gasteiger partial charge in [-0.2, -0.15) is 0 Å². The zero-order valence-corrected chi connectivity index (χ0v) is 11.5. The monoisotopic (exact) mass is 253 g/mol. The van der Waals surface area contributed by atoms with Gasteiger partial charge >= 0.3 is 0 Å². The van der Waals surface area contributed by atoms with E-state index < -0.39 is 0 Å². The zero-order chi connectivity index (χ0) is 12.4. The molecule has 1 aliphatic heterocycles. The van der Waals surface area contributed by atoms with Crippen molar-refractivity contribution >= 4 is 22.3 Å². The average molecular weight is 253 g/mol. The van der Waals surface area contributed by atoms with Gasteiger partial charge < -0.3 is 9.80 Å². The zero-order valence-electron chi connectivity index (χ0n) is 10.6. The highest BCUT2D eigenvalue weighted by Crippen LogP contribution is 2.23. The quantitative estimate of drug-likeness (QED) is 0.766. The molecule has 1 aromatic rings. The molecule has 0 N–H and O–H groups in total. The number of aromatic nitrogens is 1. The van der Waals surface area contributed by atoms with Crippen LogP contribution in [0.5, 0.6) is 0 Å². The Hall–Kier alpha value is -0.940. The number of likely N-dealkylation sites (tertiary alicyclic amines) is 1. The van der Waals surface area contributed by atoms with Gasteiger partial charge in [0.05, 0.1) is 0 Å². The molecule has 0 aliphatic carbocycles. The van der Waals surface area contributed by atoms with Gasteiger partial charge in [0, 0.05) is 32.4 Å². The van der Waals surface area contributed by atoms with Crippen LogP contribution in [-0.2, 0) is 0 Å². The van der Waals surface area contributed by atoms with Crippen LogP contribution in [-0.4, -0.2) is 49.4 Å². The van der Waals surface area contributed by atoms with Crippen molar-refractivity contribution in [2.75, 3.05) is 38.6 Å². The minimum Gasteiger partial charge on any atom is -0.351 e. The number of hydrogen-bond acceptors (Lipinski definition) is 5. The fourth-order valence-electron chi connectivity index (χ4n) is 2.24. The van der Waals surface area contributed by atoms with Crippen molar-refractivity contribution in [3.63, 3.8) is 0 Å². The predicted molar refractivity (Wildman–Crippen MR) is 71.0 cm³/mol. The number of Topliss-reactive ketones (excluding diaryl/α,β-unsaturated/α-hetero) is 1. The Morgan fingerprint density at radius 3 is 3.00 bits per heavy atom. The molecule has 4 nitrogen and oxygen atoms in total. The number of ketones is 1. The molecule has 1 unspecified atom stereocenters. The summed E-state index contributed by atoms with van der Waals surface area (Å²) in [5.74, 6) is 0.760. The first kappa shape index (κ1) is 12.5. The molecule has 0 bridgehead atoms. The van der Waals surface area contributed by atoms with Crippen LogP contribution in [0.1, 0.15) is 23.8 Å². The summed E-state index contributed by atoms with van der Waals surface area (Å²) in [5.41, 5.74) is 0.584. The van der Waals surface area contributed by atoms with Crippen molar-refractivity contribution in [3.8, 4) is 0 Å². The maximum atomic E-state index is 11.2. The molecule has 1 fully saturated rings. The second-order valence-corrected chi connectivity index (χ2v) is 5.71.